The second kappa shape index (κ2) is 6.15. The van der Waals surface area contributed by atoms with Gasteiger partial charge in [0, 0.05) is 19.0 Å². The van der Waals surface area contributed by atoms with Gasteiger partial charge in [0.15, 0.2) is 0 Å². The Morgan fingerprint density at radius 1 is 1.24 bits per heavy atom. The van der Waals surface area contributed by atoms with Gasteiger partial charge in [0.1, 0.15) is 11.9 Å². The van der Waals surface area contributed by atoms with Gasteiger partial charge in [0.05, 0.1) is 12.9 Å². The van der Waals surface area contributed by atoms with Crippen molar-refractivity contribution in [1.29, 1.82) is 0 Å². The SMILES string of the molecule is CS(=O)(=O)N1CCOC(c2nnc(C3CC3c3cccc(F)c3)o2)C1. The molecule has 3 atom stereocenters. The van der Waals surface area contributed by atoms with Crippen molar-refractivity contribution in [2.45, 2.75) is 24.4 Å². The summed E-state index contributed by atoms with van der Waals surface area (Å²) < 4.78 is 49.4. The third-order valence-electron chi connectivity index (χ3n) is 4.61. The lowest BCUT2D eigenvalue weighted by Gasteiger charge is -2.29. The monoisotopic (exact) mass is 367 g/mol. The van der Waals surface area contributed by atoms with Gasteiger partial charge in [-0.05, 0) is 30.0 Å². The minimum atomic E-state index is -3.28. The summed E-state index contributed by atoms with van der Waals surface area (Å²) in [7, 11) is -3.28. The molecule has 0 bridgehead atoms. The molecule has 2 aromatic rings. The molecule has 4 rings (SSSR count). The Kier molecular flexibility index (Phi) is 4.09. The molecule has 0 radical (unpaired) electrons. The predicted octanol–water partition coefficient (Wildman–Crippen LogP) is 1.81. The number of hydrogen-bond donors (Lipinski definition) is 0. The van der Waals surface area contributed by atoms with E-state index in [1.165, 1.54) is 22.7 Å². The van der Waals surface area contributed by atoms with Crippen LogP contribution in [0, 0.1) is 5.82 Å². The normalized spacial score (nSPS) is 27.4. The van der Waals surface area contributed by atoms with Crippen molar-refractivity contribution in [2.75, 3.05) is 26.0 Å². The van der Waals surface area contributed by atoms with E-state index in [1.807, 2.05) is 6.07 Å². The fourth-order valence-electron chi connectivity index (χ4n) is 3.18. The Labute approximate surface area is 144 Å². The van der Waals surface area contributed by atoms with Crippen LogP contribution in [0.1, 0.15) is 41.7 Å². The average molecular weight is 367 g/mol. The highest BCUT2D eigenvalue weighted by atomic mass is 32.2. The van der Waals surface area contributed by atoms with Gasteiger partial charge in [0.25, 0.3) is 0 Å². The van der Waals surface area contributed by atoms with Crippen LogP contribution in [0.3, 0.4) is 0 Å². The van der Waals surface area contributed by atoms with Gasteiger partial charge in [-0.15, -0.1) is 10.2 Å². The highest BCUT2D eigenvalue weighted by Gasteiger charge is 2.44. The second-order valence-corrected chi connectivity index (χ2v) is 8.45. The van der Waals surface area contributed by atoms with Crippen molar-refractivity contribution in [3.63, 3.8) is 0 Å². The van der Waals surface area contributed by atoms with E-state index in [2.05, 4.69) is 10.2 Å². The number of benzene rings is 1. The van der Waals surface area contributed by atoms with Crippen LogP contribution in [0.4, 0.5) is 4.39 Å². The standard InChI is InChI=1S/C16H18FN3O4S/c1-25(21,22)20-5-6-23-14(9-20)16-19-18-15(24-16)13-8-12(13)10-3-2-4-11(17)7-10/h2-4,7,12-14H,5-6,8-9H2,1H3. The van der Waals surface area contributed by atoms with Crippen molar-refractivity contribution < 1.29 is 22.0 Å². The summed E-state index contributed by atoms with van der Waals surface area (Å²) in [4.78, 5) is 0. The molecule has 2 heterocycles. The minimum Gasteiger partial charge on any atom is -0.422 e. The summed E-state index contributed by atoms with van der Waals surface area (Å²) in [6.45, 7) is 0.768. The van der Waals surface area contributed by atoms with Crippen LogP contribution in [0.2, 0.25) is 0 Å². The van der Waals surface area contributed by atoms with E-state index >= 15 is 0 Å². The van der Waals surface area contributed by atoms with E-state index < -0.39 is 16.1 Å². The van der Waals surface area contributed by atoms with E-state index in [4.69, 9.17) is 9.15 Å². The summed E-state index contributed by atoms with van der Waals surface area (Å²) >= 11 is 0. The van der Waals surface area contributed by atoms with Crippen LogP contribution < -0.4 is 0 Å². The molecule has 0 N–H and O–H groups in total. The molecular weight excluding hydrogens is 349 g/mol. The molecule has 7 nitrogen and oxygen atoms in total. The van der Waals surface area contributed by atoms with Crippen LogP contribution in [0.5, 0.6) is 0 Å². The maximum absolute atomic E-state index is 13.3. The predicted molar refractivity (Wildman–Crippen MR) is 85.9 cm³/mol. The Morgan fingerprint density at radius 2 is 2.04 bits per heavy atom. The molecule has 3 unspecified atom stereocenters. The lowest BCUT2D eigenvalue weighted by Crippen LogP contribution is -2.41. The number of ether oxygens (including phenoxy) is 1. The topological polar surface area (TPSA) is 85.5 Å². The quantitative estimate of drug-likeness (QED) is 0.819. The van der Waals surface area contributed by atoms with Crippen molar-refractivity contribution >= 4 is 10.0 Å². The first-order valence-electron chi connectivity index (χ1n) is 8.07. The summed E-state index contributed by atoms with van der Waals surface area (Å²) in [5.41, 5.74) is 0.918. The molecule has 1 aliphatic heterocycles. The Balaban J connectivity index is 1.46. The second-order valence-electron chi connectivity index (χ2n) is 6.46. The van der Waals surface area contributed by atoms with Crippen LogP contribution in [-0.2, 0) is 14.8 Å². The fourth-order valence-corrected chi connectivity index (χ4v) is 3.99. The lowest BCUT2D eigenvalue weighted by molar-refractivity contribution is -0.0176. The number of aromatic nitrogens is 2. The largest absolute Gasteiger partial charge is 0.422 e. The van der Waals surface area contributed by atoms with Gasteiger partial charge in [-0.25, -0.2) is 12.8 Å². The van der Waals surface area contributed by atoms with Gasteiger partial charge < -0.3 is 9.15 Å². The van der Waals surface area contributed by atoms with Crippen LogP contribution in [-0.4, -0.2) is 48.9 Å². The minimum absolute atomic E-state index is 0.0673. The van der Waals surface area contributed by atoms with E-state index in [1.54, 1.807) is 6.07 Å². The van der Waals surface area contributed by atoms with E-state index in [0.717, 1.165) is 12.0 Å². The zero-order valence-corrected chi connectivity index (χ0v) is 14.4. The Hall–Kier alpha value is -1.84. The molecule has 134 valence electrons. The van der Waals surface area contributed by atoms with Gasteiger partial charge in [-0.2, -0.15) is 4.31 Å². The summed E-state index contributed by atoms with van der Waals surface area (Å²) in [6, 6.07) is 6.52. The first kappa shape index (κ1) is 16.6. The maximum Gasteiger partial charge on any atom is 0.246 e. The number of halogens is 1. The molecule has 1 aliphatic carbocycles. The average Bonchev–Trinajstić information content (AvgIpc) is 3.23. The molecule has 0 amide bonds. The molecule has 0 spiro atoms. The maximum atomic E-state index is 13.3. The molecule has 9 heteroatoms. The highest BCUT2D eigenvalue weighted by molar-refractivity contribution is 7.88. The molecule has 2 aliphatic rings. The van der Waals surface area contributed by atoms with Crippen LogP contribution >= 0.6 is 0 Å². The van der Waals surface area contributed by atoms with Gasteiger partial charge >= 0.3 is 0 Å². The van der Waals surface area contributed by atoms with E-state index in [0.29, 0.717) is 12.4 Å². The van der Waals surface area contributed by atoms with E-state index in [9.17, 15) is 12.8 Å². The molecule has 1 aromatic carbocycles. The Bertz CT molecular complexity index is 885. The number of morpholine rings is 1. The van der Waals surface area contributed by atoms with Gasteiger partial charge in [0.2, 0.25) is 21.8 Å². The molecule has 1 saturated heterocycles. The van der Waals surface area contributed by atoms with Gasteiger partial charge in [-0.1, -0.05) is 12.1 Å². The fraction of sp³-hybridized carbons (Fsp3) is 0.500. The molecule has 2 fully saturated rings. The first-order chi connectivity index (χ1) is 11.9. The number of sulfonamides is 1. The molecular formula is C16H18FN3O4S. The number of nitrogens with zero attached hydrogens (tertiary/aromatic N) is 3. The summed E-state index contributed by atoms with van der Waals surface area (Å²) in [6.07, 6.45) is 1.44. The van der Waals surface area contributed by atoms with Crippen molar-refractivity contribution in [1.82, 2.24) is 14.5 Å². The summed E-state index contributed by atoms with van der Waals surface area (Å²) in [5.74, 6) is 0.755. The van der Waals surface area contributed by atoms with E-state index in [-0.39, 0.29) is 36.7 Å². The number of rotatable bonds is 4. The highest BCUT2D eigenvalue weighted by Crippen LogP contribution is 2.54. The number of hydrogen-bond acceptors (Lipinski definition) is 6. The van der Waals surface area contributed by atoms with Crippen LogP contribution in [0.25, 0.3) is 0 Å². The lowest BCUT2D eigenvalue weighted by atomic mass is 10.1. The smallest absolute Gasteiger partial charge is 0.246 e. The third kappa shape index (κ3) is 3.44. The molecule has 25 heavy (non-hydrogen) atoms. The first-order valence-corrected chi connectivity index (χ1v) is 9.92. The van der Waals surface area contributed by atoms with Crippen molar-refractivity contribution in [3.8, 4) is 0 Å². The van der Waals surface area contributed by atoms with Crippen LogP contribution in [0.15, 0.2) is 28.7 Å². The van der Waals surface area contributed by atoms with Crippen molar-refractivity contribution in [3.05, 3.63) is 47.4 Å². The third-order valence-corrected chi connectivity index (χ3v) is 5.88. The summed E-state index contributed by atoms with van der Waals surface area (Å²) in [5, 5.41) is 8.11. The molecule has 1 aromatic heterocycles. The zero-order chi connectivity index (χ0) is 17.6. The Morgan fingerprint density at radius 3 is 2.80 bits per heavy atom. The van der Waals surface area contributed by atoms with Crippen molar-refractivity contribution in [2.24, 2.45) is 0 Å². The zero-order valence-electron chi connectivity index (χ0n) is 13.6. The molecule has 1 saturated carbocycles. The van der Waals surface area contributed by atoms with Gasteiger partial charge in [-0.3, -0.25) is 0 Å².